The van der Waals surface area contributed by atoms with Crippen LogP contribution >= 0.6 is 11.8 Å². The second-order valence-corrected chi connectivity index (χ2v) is 6.38. The minimum absolute atomic E-state index is 0.00246. The molecule has 2 fully saturated rings. The molecule has 6 heteroatoms. The van der Waals surface area contributed by atoms with Crippen LogP contribution in [0, 0.1) is 0 Å². The summed E-state index contributed by atoms with van der Waals surface area (Å²) in [7, 11) is 0. The molecule has 1 saturated carbocycles. The molecule has 0 unspecified atom stereocenters. The van der Waals surface area contributed by atoms with Crippen LogP contribution in [0.25, 0.3) is 0 Å². The van der Waals surface area contributed by atoms with E-state index in [1.165, 1.54) is 11.8 Å². The molecule has 2 amide bonds. The zero-order valence-corrected chi connectivity index (χ0v) is 11.5. The van der Waals surface area contributed by atoms with Crippen molar-refractivity contribution in [3.8, 4) is 0 Å². The Labute approximate surface area is 115 Å². The van der Waals surface area contributed by atoms with Gasteiger partial charge in [0.25, 0.3) is 0 Å². The second-order valence-electron chi connectivity index (χ2n) is 4.95. The summed E-state index contributed by atoms with van der Waals surface area (Å²) in [6, 6.07) is 3.96. The molecule has 102 valence electrons. The van der Waals surface area contributed by atoms with Gasteiger partial charge in [-0.05, 0) is 31.9 Å². The first-order valence-corrected chi connectivity index (χ1v) is 7.38. The molecule has 5 nitrogen and oxygen atoms in total. The molecule has 1 aliphatic heterocycles. The van der Waals surface area contributed by atoms with Gasteiger partial charge in [-0.15, -0.1) is 11.8 Å². The van der Waals surface area contributed by atoms with Crippen LogP contribution in [-0.4, -0.2) is 34.6 Å². The second kappa shape index (κ2) is 4.92. The van der Waals surface area contributed by atoms with Crippen LogP contribution in [0.4, 0.5) is 0 Å². The number of thioether (sulfide) groups is 1. The molecule has 1 aromatic rings. The van der Waals surface area contributed by atoms with Gasteiger partial charge in [0.15, 0.2) is 0 Å². The van der Waals surface area contributed by atoms with Gasteiger partial charge in [-0.1, -0.05) is 0 Å². The average Bonchev–Trinajstić information content (AvgIpc) is 2.93. The molecule has 2 atom stereocenters. The van der Waals surface area contributed by atoms with Crippen molar-refractivity contribution in [1.82, 2.24) is 10.2 Å². The van der Waals surface area contributed by atoms with Gasteiger partial charge in [-0.2, -0.15) is 0 Å². The predicted molar refractivity (Wildman–Crippen MR) is 71.4 cm³/mol. The van der Waals surface area contributed by atoms with Crippen molar-refractivity contribution in [2.24, 2.45) is 0 Å². The number of hydrogen-bond donors (Lipinski definition) is 1. The van der Waals surface area contributed by atoms with E-state index < -0.39 is 0 Å². The summed E-state index contributed by atoms with van der Waals surface area (Å²) in [6.45, 7) is 1.97. The zero-order valence-electron chi connectivity index (χ0n) is 10.7. The standard InChI is InChI=1S/C13H16N2O3S/c1-8-12(17)15(7-11(16)14-9-4-5-9)13(19-8)10-3-2-6-18-10/h2-3,6,8-9,13H,4-5,7H2,1H3,(H,14,16)/t8-,13+/m0/s1. The summed E-state index contributed by atoms with van der Waals surface area (Å²) >= 11 is 1.52. The molecule has 19 heavy (non-hydrogen) atoms. The lowest BCUT2D eigenvalue weighted by Crippen LogP contribution is -2.40. The highest BCUT2D eigenvalue weighted by atomic mass is 32.2. The third-order valence-corrected chi connectivity index (χ3v) is 4.64. The highest BCUT2D eigenvalue weighted by Gasteiger charge is 2.41. The van der Waals surface area contributed by atoms with Crippen molar-refractivity contribution in [2.45, 2.75) is 36.4 Å². The van der Waals surface area contributed by atoms with Gasteiger partial charge in [-0.25, -0.2) is 0 Å². The predicted octanol–water partition coefficient (Wildman–Crippen LogP) is 1.52. The summed E-state index contributed by atoms with van der Waals surface area (Å²) in [5.41, 5.74) is 0. The maximum absolute atomic E-state index is 12.1. The molecular formula is C13H16N2O3S. The van der Waals surface area contributed by atoms with E-state index in [-0.39, 0.29) is 29.0 Å². The Balaban J connectivity index is 1.71. The highest BCUT2D eigenvalue weighted by molar-refractivity contribution is 8.01. The summed E-state index contributed by atoms with van der Waals surface area (Å²) in [6.07, 6.45) is 3.69. The van der Waals surface area contributed by atoms with Crippen molar-refractivity contribution >= 4 is 23.6 Å². The lowest BCUT2D eigenvalue weighted by molar-refractivity contribution is -0.135. The molecule has 1 aliphatic carbocycles. The Morgan fingerprint density at radius 2 is 2.37 bits per heavy atom. The molecule has 2 heterocycles. The van der Waals surface area contributed by atoms with Crippen LogP contribution in [-0.2, 0) is 9.59 Å². The first kappa shape index (κ1) is 12.6. The van der Waals surface area contributed by atoms with Crippen LogP contribution in [0.2, 0.25) is 0 Å². The zero-order chi connectivity index (χ0) is 13.4. The minimum atomic E-state index is -0.192. The summed E-state index contributed by atoms with van der Waals surface area (Å²) in [4.78, 5) is 25.6. The van der Waals surface area contributed by atoms with Gasteiger partial charge < -0.3 is 14.6 Å². The van der Waals surface area contributed by atoms with Crippen molar-refractivity contribution in [3.63, 3.8) is 0 Å². The number of rotatable bonds is 4. The SMILES string of the molecule is C[C@@H]1S[C@H](c2ccco2)N(CC(=O)NC2CC2)C1=O. The fourth-order valence-electron chi connectivity index (χ4n) is 2.14. The molecule has 0 radical (unpaired) electrons. The van der Waals surface area contributed by atoms with Crippen LogP contribution in [0.1, 0.15) is 30.9 Å². The Hall–Kier alpha value is -1.43. The van der Waals surface area contributed by atoms with E-state index in [4.69, 9.17) is 4.42 Å². The van der Waals surface area contributed by atoms with Crippen LogP contribution in [0.5, 0.6) is 0 Å². The Kier molecular flexibility index (Phi) is 3.26. The van der Waals surface area contributed by atoms with Crippen LogP contribution in [0.15, 0.2) is 22.8 Å². The molecule has 1 saturated heterocycles. The lowest BCUT2D eigenvalue weighted by Gasteiger charge is -2.21. The maximum atomic E-state index is 12.1. The van der Waals surface area contributed by atoms with Crippen molar-refractivity contribution in [3.05, 3.63) is 24.2 Å². The summed E-state index contributed by atoms with van der Waals surface area (Å²) in [5, 5.41) is 2.58. The topological polar surface area (TPSA) is 62.6 Å². The monoisotopic (exact) mass is 280 g/mol. The van der Waals surface area contributed by atoms with Crippen molar-refractivity contribution in [1.29, 1.82) is 0 Å². The van der Waals surface area contributed by atoms with Crippen molar-refractivity contribution in [2.75, 3.05) is 6.54 Å². The lowest BCUT2D eigenvalue weighted by atomic mass is 10.3. The highest BCUT2D eigenvalue weighted by Crippen LogP contribution is 2.42. The van der Waals surface area contributed by atoms with Crippen molar-refractivity contribution < 1.29 is 14.0 Å². The molecule has 0 spiro atoms. The number of furan rings is 1. The third-order valence-electron chi connectivity index (χ3n) is 3.29. The van der Waals surface area contributed by atoms with E-state index in [2.05, 4.69) is 5.32 Å². The normalized spacial score (nSPS) is 26.8. The Bertz CT molecular complexity index is 484. The van der Waals surface area contributed by atoms with Gasteiger partial charge in [0, 0.05) is 6.04 Å². The Morgan fingerprint density at radius 1 is 1.58 bits per heavy atom. The first-order valence-electron chi connectivity index (χ1n) is 6.44. The Morgan fingerprint density at radius 3 is 3.00 bits per heavy atom. The van der Waals surface area contributed by atoms with E-state index in [0.717, 1.165) is 18.6 Å². The smallest absolute Gasteiger partial charge is 0.239 e. The minimum Gasteiger partial charge on any atom is -0.466 e. The maximum Gasteiger partial charge on any atom is 0.239 e. The number of carbonyl (C=O) groups excluding carboxylic acids is 2. The third kappa shape index (κ3) is 2.63. The number of hydrogen-bond acceptors (Lipinski definition) is 4. The van der Waals surface area contributed by atoms with Crippen LogP contribution < -0.4 is 5.32 Å². The van der Waals surface area contributed by atoms with Gasteiger partial charge in [0.1, 0.15) is 17.7 Å². The van der Waals surface area contributed by atoms with Gasteiger partial charge in [0.05, 0.1) is 11.5 Å². The molecule has 3 rings (SSSR count). The van der Waals surface area contributed by atoms with E-state index >= 15 is 0 Å². The average molecular weight is 280 g/mol. The first-order chi connectivity index (χ1) is 9.15. The van der Waals surface area contributed by atoms with E-state index in [9.17, 15) is 9.59 Å². The fourth-order valence-corrected chi connectivity index (χ4v) is 3.38. The van der Waals surface area contributed by atoms with Gasteiger partial charge >= 0.3 is 0 Å². The summed E-state index contributed by atoms with van der Waals surface area (Å²) in [5.74, 6) is 0.640. The molecule has 2 aliphatic rings. The van der Waals surface area contributed by atoms with Gasteiger partial charge in [-0.3, -0.25) is 9.59 Å². The molecule has 1 N–H and O–H groups in total. The summed E-state index contributed by atoms with van der Waals surface area (Å²) < 4.78 is 5.37. The van der Waals surface area contributed by atoms with E-state index in [1.807, 2.05) is 13.0 Å². The molecule has 1 aromatic heterocycles. The van der Waals surface area contributed by atoms with Crippen LogP contribution in [0.3, 0.4) is 0 Å². The largest absolute Gasteiger partial charge is 0.466 e. The number of nitrogens with one attached hydrogen (secondary N) is 1. The molecule has 0 bridgehead atoms. The fraction of sp³-hybridized carbons (Fsp3) is 0.538. The molecular weight excluding hydrogens is 264 g/mol. The van der Waals surface area contributed by atoms with E-state index in [0.29, 0.717) is 6.04 Å². The molecule has 0 aromatic carbocycles. The van der Waals surface area contributed by atoms with Gasteiger partial charge in [0.2, 0.25) is 11.8 Å². The van der Waals surface area contributed by atoms with E-state index in [1.54, 1.807) is 17.2 Å². The number of nitrogens with zero attached hydrogens (tertiary/aromatic N) is 1. The number of carbonyl (C=O) groups is 2. The number of amides is 2. The quantitative estimate of drug-likeness (QED) is 0.908.